The first-order valence-corrected chi connectivity index (χ1v) is 7.94. The molecule has 0 saturated carbocycles. The van der Waals surface area contributed by atoms with Gasteiger partial charge in [0.05, 0.1) is 11.1 Å². The fraction of sp³-hybridized carbons (Fsp3) is 1.00. The second-order valence-corrected chi connectivity index (χ2v) is 7.87. The molecule has 0 bridgehead atoms. The zero-order chi connectivity index (χ0) is 14.2. The van der Waals surface area contributed by atoms with Crippen LogP contribution in [0, 0.1) is 0 Å². The summed E-state index contributed by atoms with van der Waals surface area (Å²) in [7, 11) is -3.55. The smallest absolute Gasteiger partial charge is 0.280 e. The maximum absolute atomic E-state index is 12.4. The molecule has 1 rings (SSSR count). The van der Waals surface area contributed by atoms with E-state index in [4.69, 9.17) is 0 Å². The molecular formula is C12H26N2O3S. The molecule has 0 aliphatic carbocycles. The van der Waals surface area contributed by atoms with Crippen molar-refractivity contribution in [3.63, 3.8) is 0 Å². The van der Waals surface area contributed by atoms with Gasteiger partial charge < -0.3 is 5.11 Å². The van der Waals surface area contributed by atoms with Gasteiger partial charge in [-0.25, -0.2) is 0 Å². The Morgan fingerprint density at radius 3 is 2.22 bits per heavy atom. The topological polar surface area (TPSA) is 69.6 Å². The first-order chi connectivity index (χ1) is 7.97. The van der Waals surface area contributed by atoms with Crippen molar-refractivity contribution in [2.24, 2.45) is 0 Å². The molecule has 0 radical (unpaired) electrons. The highest BCUT2D eigenvalue weighted by Gasteiger charge is 2.41. The summed E-state index contributed by atoms with van der Waals surface area (Å²) in [4.78, 5) is 0. The van der Waals surface area contributed by atoms with Crippen LogP contribution in [-0.2, 0) is 10.2 Å². The third kappa shape index (κ3) is 3.44. The number of nitrogens with one attached hydrogen (secondary N) is 1. The predicted octanol–water partition coefficient (Wildman–Crippen LogP) is 1.24. The Bertz CT molecular complexity index is 385. The minimum atomic E-state index is -3.55. The molecule has 0 aromatic carbocycles. The third-order valence-electron chi connectivity index (χ3n) is 3.96. The van der Waals surface area contributed by atoms with Crippen molar-refractivity contribution >= 4 is 10.2 Å². The van der Waals surface area contributed by atoms with Gasteiger partial charge in [-0.2, -0.15) is 17.4 Å². The molecule has 1 heterocycles. The molecular weight excluding hydrogens is 252 g/mol. The van der Waals surface area contributed by atoms with Gasteiger partial charge in [-0.05, 0) is 47.5 Å². The van der Waals surface area contributed by atoms with Crippen molar-refractivity contribution in [1.29, 1.82) is 0 Å². The minimum absolute atomic E-state index is 0.0221. The van der Waals surface area contributed by atoms with E-state index in [0.29, 0.717) is 6.54 Å². The van der Waals surface area contributed by atoms with Crippen molar-refractivity contribution in [3.8, 4) is 0 Å². The van der Waals surface area contributed by atoms with Crippen LogP contribution in [0.1, 0.15) is 53.9 Å². The van der Waals surface area contributed by atoms with Gasteiger partial charge in [0.25, 0.3) is 10.2 Å². The Morgan fingerprint density at radius 1 is 1.22 bits per heavy atom. The second kappa shape index (κ2) is 5.07. The lowest BCUT2D eigenvalue weighted by Gasteiger charge is -2.41. The lowest BCUT2D eigenvalue weighted by Crippen LogP contribution is -2.61. The van der Waals surface area contributed by atoms with Gasteiger partial charge in [0.15, 0.2) is 0 Å². The maximum Gasteiger partial charge on any atom is 0.280 e. The van der Waals surface area contributed by atoms with Crippen LogP contribution in [0.3, 0.4) is 0 Å². The normalized spacial score (nSPS) is 24.2. The lowest BCUT2D eigenvalue weighted by atomic mass is 9.87. The maximum atomic E-state index is 12.4. The Hall–Kier alpha value is -0.170. The Kier molecular flexibility index (Phi) is 4.48. The first kappa shape index (κ1) is 15.9. The summed E-state index contributed by atoms with van der Waals surface area (Å²) in [5, 5.41) is 10.0. The van der Waals surface area contributed by atoms with Crippen molar-refractivity contribution in [1.82, 2.24) is 9.03 Å². The molecule has 1 saturated heterocycles. The lowest BCUT2D eigenvalue weighted by molar-refractivity contribution is 0.00532. The summed E-state index contributed by atoms with van der Waals surface area (Å²) in [6, 6.07) is 0.0221. The highest BCUT2D eigenvalue weighted by Crippen LogP contribution is 2.25. The van der Waals surface area contributed by atoms with E-state index < -0.39 is 21.3 Å². The SMILES string of the molecule is CC1CCCCN1S(=O)(=O)NC(C)(C)C(C)(C)O. The summed E-state index contributed by atoms with van der Waals surface area (Å²) in [5.41, 5.74) is -2.04. The quantitative estimate of drug-likeness (QED) is 0.813. The zero-order valence-electron chi connectivity index (χ0n) is 12.0. The van der Waals surface area contributed by atoms with Gasteiger partial charge in [-0.3, -0.25) is 0 Å². The monoisotopic (exact) mass is 278 g/mol. The van der Waals surface area contributed by atoms with Crippen LogP contribution in [0.15, 0.2) is 0 Å². The molecule has 1 aliphatic heterocycles. The van der Waals surface area contributed by atoms with E-state index in [1.165, 1.54) is 4.31 Å². The molecule has 0 spiro atoms. The molecule has 108 valence electrons. The first-order valence-electron chi connectivity index (χ1n) is 6.50. The van der Waals surface area contributed by atoms with E-state index in [1.54, 1.807) is 27.7 Å². The highest BCUT2D eigenvalue weighted by atomic mass is 32.2. The largest absolute Gasteiger partial charge is 0.389 e. The van der Waals surface area contributed by atoms with Crippen molar-refractivity contribution in [2.45, 2.75) is 71.1 Å². The van der Waals surface area contributed by atoms with Crippen molar-refractivity contribution in [2.75, 3.05) is 6.54 Å². The van der Waals surface area contributed by atoms with E-state index in [9.17, 15) is 13.5 Å². The number of nitrogens with zero attached hydrogens (tertiary/aromatic N) is 1. The number of rotatable bonds is 4. The summed E-state index contributed by atoms with van der Waals surface area (Å²) in [6.07, 6.45) is 2.86. The van der Waals surface area contributed by atoms with Gasteiger partial charge in [-0.1, -0.05) is 6.42 Å². The summed E-state index contributed by atoms with van der Waals surface area (Å²) in [5.74, 6) is 0. The van der Waals surface area contributed by atoms with Crippen LogP contribution < -0.4 is 4.72 Å². The third-order valence-corrected chi connectivity index (χ3v) is 5.89. The van der Waals surface area contributed by atoms with Crippen molar-refractivity contribution in [3.05, 3.63) is 0 Å². The van der Waals surface area contributed by atoms with E-state index >= 15 is 0 Å². The zero-order valence-corrected chi connectivity index (χ0v) is 12.8. The van der Waals surface area contributed by atoms with Crippen molar-refractivity contribution < 1.29 is 13.5 Å². The molecule has 0 aromatic rings. The van der Waals surface area contributed by atoms with Crippen LogP contribution in [-0.4, -0.2) is 41.6 Å². The number of aliphatic hydroxyl groups is 1. The molecule has 1 fully saturated rings. The Morgan fingerprint density at radius 2 is 1.78 bits per heavy atom. The van der Waals surface area contributed by atoms with E-state index in [-0.39, 0.29) is 6.04 Å². The fourth-order valence-electron chi connectivity index (χ4n) is 1.93. The van der Waals surface area contributed by atoms with E-state index in [1.807, 2.05) is 6.92 Å². The van der Waals surface area contributed by atoms with Crippen LogP contribution in [0.25, 0.3) is 0 Å². The average molecular weight is 278 g/mol. The summed E-state index contributed by atoms with van der Waals surface area (Å²) in [6.45, 7) is 9.08. The van der Waals surface area contributed by atoms with Crippen LogP contribution in [0.2, 0.25) is 0 Å². The fourth-order valence-corrected chi connectivity index (χ4v) is 3.90. The molecule has 1 unspecified atom stereocenters. The molecule has 0 amide bonds. The molecule has 5 nitrogen and oxygen atoms in total. The number of piperidine rings is 1. The van der Waals surface area contributed by atoms with Gasteiger partial charge in [0, 0.05) is 12.6 Å². The highest BCUT2D eigenvalue weighted by molar-refractivity contribution is 7.87. The molecule has 0 aromatic heterocycles. The standard InChI is InChI=1S/C12H26N2O3S/c1-10-8-6-7-9-14(10)18(16,17)13-11(2,3)12(4,5)15/h10,13,15H,6-9H2,1-5H3. The Balaban J connectivity index is 2.88. The van der Waals surface area contributed by atoms with Gasteiger partial charge >= 0.3 is 0 Å². The summed E-state index contributed by atoms with van der Waals surface area (Å²) >= 11 is 0. The van der Waals surface area contributed by atoms with Crippen LogP contribution in [0.5, 0.6) is 0 Å². The second-order valence-electron chi connectivity index (χ2n) is 6.25. The molecule has 2 N–H and O–H groups in total. The van der Waals surface area contributed by atoms with E-state index in [0.717, 1.165) is 19.3 Å². The van der Waals surface area contributed by atoms with E-state index in [2.05, 4.69) is 4.72 Å². The minimum Gasteiger partial charge on any atom is -0.389 e. The van der Waals surface area contributed by atoms with Gasteiger partial charge in [-0.15, -0.1) is 0 Å². The van der Waals surface area contributed by atoms with Gasteiger partial charge in [0.1, 0.15) is 0 Å². The molecule has 1 aliphatic rings. The van der Waals surface area contributed by atoms with Gasteiger partial charge in [0.2, 0.25) is 0 Å². The number of hydrogen-bond acceptors (Lipinski definition) is 3. The van der Waals surface area contributed by atoms with Crippen LogP contribution in [0.4, 0.5) is 0 Å². The summed E-state index contributed by atoms with van der Waals surface area (Å²) < 4.78 is 28.8. The predicted molar refractivity (Wildman–Crippen MR) is 72.5 cm³/mol. The molecule has 18 heavy (non-hydrogen) atoms. The Labute approximate surface area is 111 Å². The molecule has 1 atom stereocenters. The molecule has 6 heteroatoms. The van der Waals surface area contributed by atoms with Crippen LogP contribution >= 0.6 is 0 Å². The number of hydrogen-bond donors (Lipinski definition) is 2. The average Bonchev–Trinajstić information content (AvgIpc) is 2.14.